The van der Waals surface area contributed by atoms with Crippen LogP contribution in [0.2, 0.25) is 5.02 Å². The van der Waals surface area contributed by atoms with Crippen LogP contribution >= 0.6 is 11.6 Å². The highest BCUT2D eigenvalue weighted by Gasteiger charge is 2.21. The lowest BCUT2D eigenvalue weighted by molar-refractivity contribution is 0.393. The average Bonchev–Trinajstić information content (AvgIpc) is 2.18. The van der Waals surface area contributed by atoms with E-state index in [2.05, 4.69) is 12.1 Å². The summed E-state index contributed by atoms with van der Waals surface area (Å²) >= 11 is 6.16. The fourth-order valence-electron chi connectivity index (χ4n) is 2.32. The smallest absolute Gasteiger partial charge is 0.0440 e. The number of hydrogen-bond donors (Lipinski definition) is 1. The summed E-state index contributed by atoms with van der Waals surface area (Å²) < 4.78 is 0. The molecule has 0 aliphatic heterocycles. The normalized spacial score (nSPS) is 27.6. The van der Waals surface area contributed by atoms with E-state index < -0.39 is 0 Å². The molecule has 0 spiro atoms. The van der Waals surface area contributed by atoms with Crippen LogP contribution in [0.1, 0.15) is 37.2 Å². The zero-order chi connectivity index (χ0) is 9.97. The Balaban J connectivity index is 2.18. The minimum Gasteiger partial charge on any atom is -0.328 e. The fourth-order valence-corrected chi connectivity index (χ4v) is 2.61. The van der Waals surface area contributed by atoms with Crippen molar-refractivity contribution < 1.29 is 0 Å². The maximum atomic E-state index is 6.16. The topological polar surface area (TPSA) is 26.0 Å². The van der Waals surface area contributed by atoms with E-state index in [9.17, 15) is 0 Å². The Kier molecular flexibility index (Phi) is 3.09. The van der Waals surface area contributed by atoms with Gasteiger partial charge < -0.3 is 5.73 Å². The molecular weight excluding hydrogens is 194 g/mol. The van der Waals surface area contributed by atoms with Crippen molar-refractivity contribution in [2.45, 2.75) is 37.6 Å². The lowest BCUT2D eigenvalue weighted by atomic mass is 9.82. The summed E-state index contributed by atoms with van der Waals surface area (Å²) in [5, 5.41) is 0.895. The van der Waals surface area contributed by atoms with E-state index in [1.165, 1.54) is 24.8 Å². The third-order valence-electron chi connectivity index (χ3n) is 3.06. The third kappa shape index (κ3) is 2.10. The minimum absolute atomic E-state index is 0.366. The monoisotopic (exact) mass is 209 g/mol. The van der Waals surface area contributed by atoms with Gasteiger partial charge in [-0.25, -0.2) is 0 Å². The first kappa shape index (κ1) is 10.0. The molecule has 76 valence electrons. The standard InChI is InChI=1S/C12H16ClN/c13-12-7-2-1-6-11(12)9-4-3-5-10(14)8-9/h1-2,6-7,9-10H,3-5,8,14H2/t9-,10-/m1/s1. The van der Waals surface area contributed by atoms with Crippen LogP contribution in [0.25, 0.3) is 0 Å². The van der Waals surface area contributed by atoms with Crippen molar-refractivity contribution in [1.82, 2.24) is 0 Å². The van der Waals surface area contributed by atoms with Crippen LogP contribution in [0, 0.1) is 0 Å². The highest BCUT2D eigenvalue weighted by molar-refractivity contribution is 6.31. The second kappa shape index (κ2) is 4.33. The van der Waals surface area contributed by atoms with Gasteiger partial charge in [0.05, 0.1) is 0 Å². The lowest BCUT2D eigenvalue weighted by Crippen LogP contribution is -2.26. The first-order valence-corrected chi connectivity index (χ1v) is 5.65. The summed E-state index contributed by atoms with van der Waals surface area (Å²) in [5.41, 5.74) is 7.25. The first-order chi connectivity index (χ1) is 6.77. The van der Waals surface area contributed by atoms with E-state index in [4.69, 9.17) is 17.3 Å². The van der Waals surface area contributed by atoms with Crippen LogP contribution in [0.3, 0.4) is 0 Å². The van der Waals surface area contributed by atoms with Gasteiger partial charge in [0.2, 0.25) is 0 Å². The molecule has 2 rings (SSSR count). The Morgan fingerprint density at radius 2 is 2.00 bits per heavy atom. The van der Waals surface area contributed by atoms with Crippen molar-refractivity contribution in [1.29, 1.82) is 0 Å². The molecule has 1 saturated carbocycles. The molecule has 0 radical (unpaired) electrons. The second-order valence-corrected chi connectivity index (χ2v) is 4.55. The van der Waals surface area contributed by atoms with Gasteiger partial charge in [0.1, 0.15) is 0 Å². The van der Waals surface area contributed by atoms with E-state index >= 15 is 0 Å². The molecule has 1 aliphatic rings. The molecule has 1 nitrogen and oxygen atoms in total. The second-order valence-electron chi connectivity index (χ2n) is 4.15. The van der Waals surface area contributed by atoms with E-state index in [0.29, 0.717) is 12.0 Å². The molecule has 2 N–H and O–H groups in total. The lowest BCUT2D eigenvalue weighted by Gasteiger charge is -2.27. The Bertz CT molecular complexity index is 311. The Morgan fingerprint density at radius 3 is 2.71 bits per heavy atom. The van der Waals surface area contributed by atoms with Crippen molar-refractivity contribution in [3.05, 3.63) is 34.9 Å². The van der Waals surface area contributed by atoms with Gasteiger partial charge in [0, 0.05) is 11.1 Å². The van der Waals surface area contributed by atoms with Gasteiger partial charge in [0.25, 0.3) is 0 Å². The molecule has 1 aliphatic carbocycles. The van der Waals surface area contributed by atoms with Gasteiger partial charge in [-0.05, 0) is 36.8 Å². The van der Waals surface area contributed by atoms with E-state index in [1.807, 2.05) is 12.1 Å². The largest absolute Gasteiger partial charge is 0.328 e. The molecule has 0 unspecified atom stereocenters. The average molecular weight is 210 g/mol. The number of nitrogens with two attached hydrogens (primary N) is 1. The molecule has 0 saturated heterocycles. The van der Waals surface area contributed by atoms with Crippen LogP contribution in [0.4, 0.5) is 0 Å². The van der Waals surface area contributed by atoms with Crippen LogP contribution in [-0.4, -0.2) is 6.04 Å². The molecule has 2 heteroatoms. The van der Waals surface area contributed by atoms with E-state index in [0.717, 1.165) is 11.4 Å². The van der Waals surface area contributed by atoms with Gasteiger partial charge in [-0.2, -0.15) is 0 Å². The predicted molar refractivity (Wildman–Crippen MR) is 60.6 cm³/mol. The Morgan fingerprint density at radius 1 is 1.21 bits per heavy atom. The highest BCUT2D eigenvalue weighted by atomic mass is 35.5. The van der Waals surface area contributed by atoms with Crippen molar-refractivity contribution in [3.63, 3.8) is 0 Å². The Labute approximate surface area is 90.3 Å². The summed E-state index contributed by atoms with van der Waals surface area (Å²) in [5.74, 6) is 0.576. The first-order valence-electron chi connectivity index (χ1n) is 5.27. The minimum atomic E-state index is 0.366. The Hall–Kier alpha value is -0.530. The zero-order valence-corrected chi connectivity index (χ0v) is 9.00. The fraction of sp³-hybridized carbons (Fsp3) is 0.500. The van der Waals surface area contributed by atoms with Gasteiger partial charge >= 0.3 is 0 Å². The molecule has 0 amide bonds. The third-order valence-corrected chi connectivity index (χ3v) is 3.40. The molecule has 0 aromatic heterocycles. The van der Waals surface area contributed by atoms with Crippen LogP contribution < -0.4 is 5.73 Å². The molecule has 0 bridgehead atoms. The number of rotatable bonds is 1. The molecule has 1 aromatic rings. The molecule has 2 atom stereocenters. The SMILES string of the molecule is N[C@@H]1CCC[C@@H](c2ccccc2Cl)C1. The molecular formula is C12H16ClN. The van der Waals surface area contributed by atoms with E-state index in [-0.39, 0.29) is 0 Å². The maximum Gasteiger partial charge on any atom is 0.0440 e. The van der Waals surface area contributed by atoms with Crippen LogP contribution in [0.5, 0.6) is 0 Å². The van der Waals surface area contributed by atoms with E-state index in [1.54, 1.807) is 0 Å². The summed E-state index contributed by atoms with van der Waals surface area (Å²) in [4.78, 5) is 0. The molecule has 1 aromatic carbocycles. The summed E-state index contributed by atoms with van der Waals surface area (Å²) in [7, 11) is 0. The number of benzene rings is 1. The quantitative estimate of drug-likeness (QED) is 0.755. The van der Waals surface area contributed by atoms with Gasteiger partial charge in [-0.3, -0.25) is 0 Å². The summed E-state index contributed by atoms with van der Waals surface area (Å²) in [6.07, 6.45) is 4.72. The van der Waals surface area contributed by atoms with Crippen molar-refractivity contribution in [2.75, 3.05) is 0 Å². The van der Waals surface area contributed by atoms with Crippen molar-refractivity contribution in [2.24, 2.45) is 5.73 Å². The molecule has 0 heterocycles. The van der Waals surface area contributed by atoms with Crippen molar-refractivity contribution >= 4 is 11.6 Å². The van der Waals surface area contributed by atoms with Crippen molar-refractivity contribution in [3.8, 4) is 0 Å². The predicted octanol–water partition coefficient (Wildman–Crippen LogP) is 3.32. The highest BCUT2D eigenvalue weighted by Crippen LogP contribution is 2.35. The molecule has 14 heavy (non-hydrogen) atoms. The zero-order valence-electron chi connectivity index (χ0n) is 8.25. The summed E-state index contributed by atoms with van der Waals surface area (Å²) in [6, 6.07) is 8.50. The van der Waals surface area contributed by atoms with Gasteiger partial charge in [-0.1, -0.05) is 36.2 Å². The number of halogens is 1. The molecule has 1 fully saturated rings. The van der Waals surface area contributed by atoms with Crippen LogP contribution in [-0.2, 0) is 0 Å². The van der Waals surface area contributed by atoms with Gasteiger partial charge in [0.15, 0.2) is 0 Å². The van der Waals surface area contributed by atoms with Gasteiger partial charge in [-0.15, -0.1) is 0 Å². The number of hydrogen-bond acceptors (Lipinski definition) is 1. The summed E-state index contributed by atoms with van der Waals surface area (Å²) in [6.45, 7) is 0. The maximum absolute atomic E-state index is 6.16. The van der Waals surface area contributed by atoms with Crippen LogP contribution in [0.15, 0.2) is 24.3 Å².